The van der Waals surface area contributed by atoms with Gasteiger partial charge in [0.15, 0.2) is 5.82 Å². The van der Waals surface area contributed by atoms with E-state index in [9.17, 15) is 0 Å². The molecule has 0 aliphatic carbocycles. The molecule has 96 valence electrons. The molecule has 0 unspecified atom stereocenters. The first-order chi connectivity index (χ1) is 9.36. The van der Waals surface area contributed by atoms with E-state index in [2.05, 4.69) is 25.3 Å². The topological polar surface area (TPSA) is 89.7 Å². The number of rotatable bonds is 4. The molecule has 1 aromatic carbocycles. The molecule has 0 fully saturated rings. The molecule has 1 N–H and O–H groups in total. The molecule has 2 heterocycles. The third kappa shape index (κ3) is 2.30. The maximum Gasteiger partial charge on any atom is 0.239 e. The molecule has 3 rings (SSSR count). The second-order valence-electron chi connectivity index (χ2n) is 3.83. The molecule has 0 saturated heterocycles. The van der Waals surface area contributed by atoms with Crippen molar-refractivity contribution in [2.24, 2.45) is 0 Å². The summed E-state index contributed by atoms with van der Waals surface area (Å²) < 4.78 is 10.5. The Labute approximate surface area is 108 Å². The molecule has 2 aromatic heterocycles. The number of para-hydroxylation sites is 1. The molecule has 0 bridgehead atoms. The van der Waals surface area contributed by atoms with Gasteiger partial charge < -0.3 is 9.26 Å². The molecule has 0 radical (unpaired) electrons. The summed E-state index contributed by atoms with van der Waals surface area (Å²) >= 11 is 0. The summed E-state index contributed by atoms with van der Waals surface area (Å²) in [6.45, 7) is 0. The van der Waals surface area contributed by atoms with Gasteiger partial charge in [-0.05, 0) is 6.07 Å². The van der Waals surface area contributed by atoms with E-state index in [1.54, 1.807) is 7.11 Å². The minimum atomic E-state index is 0.391. The Balaban J connectivity index is 1.84. The molecule has 0 spiro atoms. The minimum absolute atomic E-state index is 0.391. The lowest BCUT2D eigenvalue weighted by molar-refractivity contribution is 0.379. The average Bonchev–Trinajstić information content (AvgIpc) is 3.09. The number of H-pyrrole nitrogens is 1. The van der Waals surface area contributed by atoms with Gasteiger partial charge in [0.1, 0.15) is 12.1 Å². The van der Waals surface area contributed by atoms with Crippen molar-refractivity contribution in [2.45, 2.75) is 6.42 Å². The van der Waals surface area contributed by atoms with Crippen molar-refractivity contribution in [3.8, 4) is 17.4 Å². The molecule has 7 heteroatoms. The molecule has 7 nitrogen and oxygen atoms in total. The van der Waals surface area contributed by atoms with Crippen molar-refractivity contribution in [1.29, 1.82) is 0 Å². The number of nitrogens with one attached hydrogen (secondary N) is 1. The maximum atomic E-state index is 5.28. The number of methoxy groups -OCH3 is 1. The number of benzene rings is 1. The Morgan fingerprint density at radius 3 is 3.00 bits per heavy atom. The molecule has 0 aliphatic heterocycles. The van der Waals surface area contributed by atoms with E-state index < -0.39 is 0 Å². The Morgan fingerprint density at radius 1 is 1.32 bits per heavy atom. The van der Waals surface area contributed by atoms with Crippen LogP contribution in [-0.4, -0.2) is 32.4 Å². The Kier molecular flexibility index (Phi) is 2.93. The van der Waals surface area contributed by atoms with E-state index >= 15 is 0 Å². The van der Waals surface area contributed by atoms with Crippen LogP contribution in [0.2, 0.25) is 0 Å². The summed E-state index contributed by atoms with van der Waals surface area (Å²) in [6.07, 6.45) is 1.90. The Morgan fingerprint density at radius 2 is 2.21 bits per heavy atom. The number of hydrogen-bond donors (Lipinski definition) is 1. The fourth-order valence-electron chi connectivity index (χ4n) is 1.75. The van der Waals surface area contributed by atoms with Gasteiger partial charge in [0.2, 0.25) is 11.7 Å². The van der Waals surface area contributed by atoms with Gasteiger partial charge in [-0.1, -0.05) is 23.4 Å². The van der Waals surface area contributed by atoms with Gasteiger partial charge in [0.05, 0.1) is 13.5 Å². The van der Waals surface area contributed by atoms with E-state index in [0.29, 0.717) is 24.0 Å². The first kappa shape index (κ1) is 11.4. The van der Waals surface area contributed by atoms with Gasteiger partial charge in [-0.15, -0.1) is 0 Å². The largest absolute Gasteiger partial charge is 0.496 e. The van der Waals surface area contributed by atoms with Crippen molar-refractivity contribution < 1.29 is 9.26 Å². The molecule has 3 aromatic rings. The van der Waals surface area contributed by atoms with E-state index in [0.717, 1.165) is 11.3 Å². The van der Waals surface area contributed by atoms with Crippen LogP contribution in [0.15, 0.2) is 35.1 Å². The number of nitrogens with zero attached hydrogens (tertiary/aromatic N) is 4. The van der Waals surface area contributed by atoms with Crippen LogP contribution in [-0.2, 0) is 6.42 Å². The van der Waals surface area contributed by atoms with Crippen LogP contribution in [0, 0.1) is 0 Å². The van der Waals surface area contributed by atoms with Crippen LogP contribution in [0.5, 0.6) is 5.75 Å². The summed E-state index contributed by atoms with van der Waals surface area (Å²) in [5, 5.41) is 10.3. The van der Waals surface area contributed by atoms with Gasteiger partial charge in [0.25, 0.3) is 0 Å². The third-order valence-electron chi connectivity index (χ3n) is 2.63. The van der Waals surface area contributed by atoms with Gasteiger partial charge in [-0.2, -0.15) is 10.1 Å². The zero-order chi connectivity index (χ0) is 13.1. The summed E-state index contributed by atoms with van der Waals surface area (Å²) in [5.41, 5.74) is 0.984. The second kappa shape index (κ2) is 4.89. The molecular formula is C12H11N5O2. The number of ether oxygens (including phenoxy) is 1. The smallest absolute Gasteiger partial charge is 0.239 e. The average molecular weight is 257 g/mol. The predicted octanol–water partition coefficient (Wildman–Crippen LogP) is 1.45. The van der Waals surface area contributed by atoms with Crippen molar-refractivity contribution in [3.63, 3.8) is 0 Å². The number of aromatic nitrogens is 5. The number of aromatic amines is 1. The van der Waals surface area contributed by atoms with Crippen LogP contribution in [0.1, 0.15) is 11.5 Å². The van der Waals surface area contributed by atoms with Crippen molar-refractivity contribution >= 4 is 0 Å². The zero-order valence-corrected chi connectivity index (χ0v) is 10.2. The number of hydrogen-bond acceptors (Lipinski definition) is 6. The van der Waals surface area contributed by atoms with E-state index in [1.807, 2.05) is 24.3 Å². The predicted molar refractivity (Wildman–Crippen MR) is 65.5 cm³/mol. The SMILES string of the molecule is COc1ccccc1Cc1nc(-c2ncn[nH]2)no1. The zero-order valence-electron chi connectivity index (χ0n) is 10.2. The van der Waals surface area contributed by atoms with E-state index in [4.69, 9.17) is 9.26 Å². The van der Waals surface area contributed by atoms with Crippen LogP contribution < -0.4 is 4.74 Å². The van der Waals surface area contributed by atoms with Gasteiger partial charge in [-0.25, -0.2) is 4.98 Å². The first-order valence-corrected chi connectivity index (χ1v) is 5.67. The summed E-state index contributed by atoms with van der Waals surface area (Å²) in [5.74, 6) is 2.16. The minimum Gasteiger partial charge on any atom is -0.496 e. The highest BCUT2D eigenvalue weighted by atomic mass is 16.5. The fourth-order valence-corrected chi connectivity index (χ4v) is 1.75. The monoisotopic (exact) mass is 257 g/mol. The summed E-state index contributed by atoms with van der Waals surface area (Å²) in [4.78, 5) is 8.22. The molecule has 0 aliphatic rings. The molecule has 0 amide bonds. The molecular weight excluding hydrogens is 246 g/mol. The normalized spacial score (nSPS) is 10.6. The lowest BCUT2D eigenvalue weighted by atomic mass is 10.1. The second-order valence-corrected chi connectivity index (χ2v) is 3.83. The van der Waals surface area contributed by atoms with Gasteiger partial charge in [0, 0.05) is 5.56 Å². The van der Waals surface area contributed by atoms with Crippen LogP contribution in [0.25, 0.3) is 11.6 Å². The van der Waals surface area contributed by atoms with Crippen molar-refractivity contribution in [2.75, 3.05) is 7.11 Å². The quantitative estimate of drug-likeness (QED) is 0.760. The molecule has 0 atom stereocenters. The lowest BCUT2D eigenvalue weighted by Crippen LogP contribution is -1.93. The molecule has 0 saturated carbocycles. The highest BCUT2D eigenvalue weighted by Gasteiger charge is 2.12. The highest BCUT2D eigenvalue weighted by Crippen LogP contribution is 2.21. The standard InChI is InChI=1S/C12H11N5O2/c1-18-9-5-3-2-4-8(9)6-10-15-12(17-19-10)11-13-7-14-16-11/h2-5,7H,6H2,1H3,(H,13,14,16). The van der Waals surface area contributed by atoms with Gasteiger partial charge >= 0.3 is 0 Å². The van der Waals surface area contributed by atoms with E-state index in [1.165, 1.54) is 6.33 Å². The van der Waals surface area contributed by atoms with Crippen molar-refractivity contribution in [1.82, 2.24) is 25.3 Å². The van der Waals surface area contributed by atoms with Gasteiger partial charge in [-0.3, -0.25) is 5.10 Å². The summed E-state index contributed by atoms with van der Waals surface area (Å²) in [7, 11) is 1.63. The van der Waals surface area contributed by atoms with E-state index in [-0.39, 0.29) is 0 Å². The summed E-state index contributed by atoms with van der Waals surface area (Å²) in [6, 6.07) is 7.70. The first-order valence-electron chi connectivity index (χ1n) is 5.67. The Hall–Kier alpha value is -2.70. The van der Waals surface area contributed by atoms with Crippen LogP contribution >= 0.6 is 0 Å². The third-order valence-corrected chi connectivity index (χ3v) is 2.63. The van der Waals surface area contributed by atoms with Crippen LogP contribution in [0.4, 0.5) is 0 Å². The fraction of sp³-hybridized carbons (Fsp3) is 0.167. The molecule has 19 heavy (non-hydrogen) atoms. The highest BCUT2D eigenvalue weighted by molar-refractivity contribution is 5.40. The van der Waals surface area contributed by atoms with Crippen LogP contribution in [0.3, 0.4) is 0 Å². The Bertz CT molecular complexity index is 662. The maximum absolute atomic E-state index is 5.28. The lowest BCUT2D eigenvalue weighted by Gasteiger charge is -2.04. The van der Waals surface area contributed by atoms with Crippen molar-refractivity contribution in [3.05, 3.63) is 42.0 Å².